The van der Waals surface area contributed by atoms with Crippen LogP contribution in [-0.2, 0) is 19.0 Å². The molecule has 1 heterocycles. The molecule has 1 aliphatic rings. The molecule has 0 aromatic heterocycles. The van der Waals surface area contributed by atoms with Crippen LogP contribution in [0.4, 0.5) is 0 Å². The van der Waals surface area contributed by atoms with Crippen molar-refractivity contribution in [3.8, 4) is 0 Å². The van der Waals surface area contributed by atoms with Gasteiger partial charge in [-0.1, -0.05) is 8.57 Å². The lowest BCUT2D eigenvalue weighted by molar-refractivity contribution is -0.968. The molecule has 1 rings (SSSR count). The summed E-state index contributed by atoms with van der Waals surface area (Å²) in [4.78, 5) is 0. The minimum absolute atomic E-state index is 0.255. The van der Waals surface area contributed by atoms with Crippen LogP contribution in [0, 0.1) is 0 Å². The van der Waals surface area contributed by atoms with E-state index in [-0.39, 0.29) is 5.02 Å². The lowest BCUT2D eigenvalue weighted by atomic mass is 12.9. The van der Waals surface area contributed by atoms with Crippen LogP contribution < -0.4 is 0 Å². The van der Waals surface area contributed by atoms with Gasteiger partial charge in [0, 0.05) is 0 Å². The Bertz CT molecular complexity index is 174. The molecule has 6 nitrogen and oxygen atoms in total. The van der Waals surface area contributed by atoms with Gasteiger partial charge in [0.2, 0.25) is 0 Å². The first-order chi connectivity index (χ1) is 3.10. The van der Waals surface area contributed by atoms with Gasteiger partial charge in [-0.15, -0.1) is 8.42 Å². The van der Waals surface area contributed by atoms with Crippen molar-refractivity contribution in [2.45, 2.75) is 0 Å². The number of hydrogen-bond acceptors (Lipinski definition) is 4. The highest BCUT2D eigenvalue weighted by atomic mass is 32.3. The quantitative estimate of drug-likeness (QED) is 0.421. The molecule has 0 saturated carbocycles. The summed E-state index contributed by atoms with van der Waals surface area (Å²) in [5.41, 5.74) is 7.79. The van der Waals surface area contributed by atoms with E-state index in [4.69, 9.17) is 5.53 Å². The third kappa shape index (κ3) is 0.610. The summed E-state index contributed by atoms with van der Waals surface area (Å²) in [5.74, 6) is 0. The van der Waals surface area contributed by atoms with Crippen molar-refractivity contribution in [2.24, 2.45) is 0 Å². The zero-order valence-corrected chi connectivity index (χ0v) is 3.75. The molecule has 1 fully saturated rings. The molecular weight excluding hydrogens is 124 g/mol. The monoisotopic (exact) mass is 124 g/mol. The van der Waals surface area contributed by atoms with Crippen molar-refractivity contribution in [3.05, 3.63) is 5.53 Å². The Balaban J connectivity index is 2.79. The van der Waals surface area contributed by atoms with Crippen LogP contribution in [-0.4, -0.2) is 13.4 Å². The van der Waals surface area contributed by atoms with Crippen LogP contribution >= 0.6 is 0 Å². The van der Waals surface area contributed by atoms with Crippen LogP contribution in [0.1, 0.15) is 0 Å². The highest BCUT2D eigenvalue weighted by Gasteiger charge is 2.38. The van der Waals surface area contributed by atoms with E-state index in [1.54, 1.807) is 0 Å². The van der Waals surface area contributed by atoms with E-state index in [0.29, 0.717) is 0 Å². The van der Waals surface area contributed by atoms with Crippen LogP contribution in [0.3, 0.4) is 0 Å². The van der Waals surface area contributed by atoms with Gasteiger partial charge in [0.05, 0.1) is 0 Å². The zero-order chi connectivity index (χ0) is 5.49. The Morgan fingerprint density at radius 1 is 1.43 bits per heavy atom. The highest BCUT2D eigenvalue weighted by Crippen LogP contribution is 2.08. The van der Waals surface area contributed by atoms with Crippen molar-refractivity contribution in [1.82, 2.24) is 0 Å². The summed E-state index contributed by atoms with van der Waals surface area (Å²) < 4.78 is 26.2. The lowest BCUT2D eigenvalue weighted by Gasteiger charge is -2.04. The molecule has 7 heteroatoms. The number of rotatable bonds is 0. The van der Waals surface area contributed by atoms with Gasteiger partial charge >= 0.3 is 10.4 Å². The molecule has 40 valence electrons. The maximum Gasteiger partial charge on any atom is 0.611 e. The molecule has 0 N–H and O–H groups in total. The second-order valence-electron chi connectivity index (χ2n) is 0.795. The van der Waals surface area contributed by atoms with E-state index in [2.05, 4.69) is 8.57 Å². The topological polar surface area (TPSA) is 77.9 Å². The Morgan fingerprint density at radius 2 is 1.86 bits per heavy atom. The van der Waals surface area contributed by atoms with E-state index in [9.17, 15) is 8.42 Å². The SMILES string of the molecule is [N-]=[N+]1OS(=O)(=O)O1. The molecule has 0 unspecified atom stereocenters. The second kappa shape index (κ2) is 0.861. The van der Waals surface area contributed by atoms with Crippen LogP contribution in [0.15, 0.2) is 0 Å². The average molecular weight is 124 g/mol. The van der Waals surface area contributed by atoms with E-state index in [0.717, 1.165) is 0 Å². The first-order valence-corrected chi connectivity index (χ1v) is 2.57. The number of nitrogens with zero attached hydrogens (tertiary/aromatic N) is 2. The molecule has 0 amide bonds. The van der Waals surface area contributed by atoms with Gasteiger partial charge in [-0.05, 0) is 0 Å². The Kier molecular flexibility index (Phi) is 0.530. The van der Waals surface area contributed by atoms with Gasteiger partial charge in [0.25, 0.3) is 0 Å². The summed E-state index contributed by atoms with van der Waals surface area (Å²) in [6.45, 7) is 0. The van der Waals surface area contributed by atoms with E-state index < -0.39 is 10.4 Å². The Labute approximate surface area is 39.0 Å². The Morgan fingerprint density at radius 3 is 1.86 bits per heavy atom. The molecule has 1 saturated heterocycles. The van der Waals surface area contributed by atoms with E-state index >= 15 is 0 Å². The van der Waals surface area contributed by atoms with Gasteiger partial charge in [-0.2, -0.15) is 0 Å². The molecular formula is N2O4S. The van der Waals surface area contributed by atoms with Crippen molar-refractivity contribution in [3.63, 3.8) is 0 Å². The third-order valence-electron chi connectivity index (χ3n) is 0.310. The Hall–Kier alpha value is -0.850. The second-order valence-corrected chi connectivity index (χ2v) is 1.91. The molecule has 1 aliphatic heterocycles. The van der Waals surface area contributed by atoms with E-state index in [1.807, 2.05) is 0 Å². The molecule has 7 heavy (non-hydrogen) atoms. The van der Waals surface area contributed by atoms with Crippen molar-refractivity contribution >= 4 is 10.4 Å². The summed E-state index contributed by atoms with van der Waals surface area (Å²) in [5, 5.41) is -0.255. The first-order valence-electron chi connectivity index (χ1n) is 1.23. The molecule has 0 aliphatic carbocycles. The maximum absolute atomic E-state index is 9.65. The molecule has 0 aromatic carbocycles. The van der Waals surface area contributed by atoms with Gasteiger partial charge in [0.1, 0.15) is 0 Å². The zero-order valence-electron chi connectivity index (χ0n) is 2.94. The maximum atomic E-state index is 9.65. The summed E-state index contributed by atoms with van der Waals surface area (Å²) in [6.07, 6.45) is 0. The van der Waals surface area contributed by atoms with Gasteiger partial charge in [-0.3, -0.25) is 0 Å². The van der Waals surface area contributed by atoms with Crippen molar-refractivity contribution < 1.29 is 22.0 Å². The predicted molar refractivity (Wildman–Crippen MR) is 14.7 cm³/mol. The van der Waals surface area contributed by atoms with Crippen molar-refractivity contribution in [1.29, 1.82) is 0 Å². The van der Waals surface area contributed by atoms with Gasteiger partial charge in [-0.25, -0.2) is 0 Å². The molecule has 0 bridgehead atoms. The summed E-state index contributed by atoms with van der Waals surface area (Å²) >= 11 is 0. The lowest BCUT2D eigenvalue weighted by Crippen LogP contribution is -2.31. The fraction of sp³-hybridized carbons (Fsp3) is 0. The van der Waals surface area contributed by atoms with Gasteiger partial charge in [0.15, 0.2) is 5.02 Å². The molecule has 0 radical (unpaired) electrons. The standard InChI is InChI=1S/N2O4S/c1-2-5-7(3,4)6-2. The van der Waals surface area contributed by atoms with E-state index in [1.165, 1.54) is 0 Å². The average Bonchev–Trinajstić information content (AvgIpc) is 1.27. The number of hydrogen-bond donors (Lipinski definition) is 0. The molecule has 0 spiro atoms. The summed E-state index contributed by atoms with van der Waals surface area (Å²) in [6, 6.07) is 0. The molecule has 0 atom stereocenters. The first kappa shape index (κ1) is 4.31. The predicted octanol–water partition coefficient (Wildman–Crippen LogP) is -0.858. The molecule has 0 aromatic rings. The largest absolute Gasteiger partial charge is 0.611 e. The fourth-order valence-corrected chi connectivity index (χ4v) is 0.485. The highest BCUT2D eigenvalue weighted by molar-refractivity contribution is 7.82. The minimum atomic E-state index is -3.85. The van der Waals surface area contributed by atoms with Crippen molar-refractivity contribution in [2.75, 3.05) is 0 Å². The normalized spacial score (nSPS) is 24.3. The minimum Gasteiger partial charge on any atom is -0.388 e. The summed E-state index contributed by atoms with van der Waals surface area (Å²) in [7, 11) is -3.85. The third-order valence-corrected chi connectivity index (χ3v) is 0.930. The fourth-order valence-electron chi connectivity index (χ4n) is 0.162. The van der Waals surface area contributed by atoms with Crippen LogP contribution in [0.2, 0.25) is 0 Å². The van der Waals surface area contributed by atoms with Crippen LogP contribution in [0.5, 0.6) is 0 Å². The smallest absolute Gasteiger partial charge is 0.388 e. The van der Waals surface area contributed by atoms with Crippen LogP contribution in [0.25, 0.3) is 5.53 Å². The van der Waals surface area contributed by atoms with Gasteiger partial charge < -0.3 is 5.53 Å².